The Hall–Kier alpha value is -6.84. The van der Waals surface area contributed by atoms with Crippen molar-refractivity contribution in [3.63, 3.8) is 0 Å². The largest absolute Gasteiger partial charge is 0.514 e. The highest BCUT2D eigenvalue weighted by molar-refractivity contribution is 9.10. The zero-order chi connectivity index (χ0) is 61.4. The van der Waals surface area contributed by atoms with Crippen LogP contribution in [-0.2, 0) is 63.5 Å². The van der Waals surface area contributed by atoms with Crippen molar-refractivity contribution in [2.75, 3.05) is 36.1 Å². The van der Waals surface area contributed by atoms with E-state index in [0.29, 0.717) is 25.9 Å². The van der Waals surface area contributed by atoms with Crippen molar-refractivity contribution >= 4 is 64.0 Å². The average Bonchev–Trinajstić information content (AvgIpc) is 2.18. The Morgan fingerprint density at radius 1 is 0.616 bits per heavy atom. The van der Waals surface area contributed by atoms with Crippen molar-refractivity contribution in [3.8, 4) is 11.3 Å². The number of carbonyl (C=O) groups excluding carboxylic acids is 4. The number of fused-ring (bicyclic) bond motifs is 2. The Morgan fingerprint density at radius 3 is 1.57 bits per heavy atom. The first-order valence-electron chi connectivity index (χ1n) is 30.2. The second-order valence-electron chi connectivity index (χ2n) is 25.5. The van der Waals surface area contributed by atoms with Crippen molar-refractivity contribution < 1.29 is 47.4 Å². The van der Waals surface area contributed by atoms with E-state index < -0.39 is 35.5 Å². The molecule has 4 amide bonds. The lowest BCUT2D eigenvalue weighted by molar-refractivity contribution is -0.121. The number of anilines is 2. The molecule has 0 saturated carbocycles. The lowest BCUT2D eigenvalue weighted by Crippen LogP contribution is -2.50. The summed E-state index contributed by atoms with van der Waals surface area (Å²) in [5, 5.41) is 14.6. The first kappa shape index (κ1) is 63.7. The Labute approximate surface area is 515 Å². The third-order valence-electron chi connectivity index (χ3n) is 16.0. The lowest BCUT2D eigenvalue weighted by atomic mass is 9.84. The van der Waals surface area contributed by atoms with E-state index in [9.17, 15) is 19.2 Å². The van der Waals surface area contributed by atoms with Crippen molar-refractivity contribution in [3.05, 3.63) is 148 Å². The van der Waals surface area contributed by atoms with Gasteiger partial charge < -0.3 is 48.7 Å². The number of hydrogen-bond acceptors (Lipinski definition) is 12. The molecule has 0 spiro atoms. The van der Waals surface area contributed by atoms with Crippen molar-refractivity contribution in [1.29, 1.82) is 0 Å². The van der Waals surface area contributed by atoms with E-state index in [0.717, 1.165) is 113 Å². The molecule has 86 heavy (non-hydrogen) atoms. The zero-order valence-corrected chi connectivity index (χ0v) is 53.1. The minimum absolute atomic E-state index is 0.00720. The molecule has 11 rings (SSSR count). The second kappa shape index (κ2) is 27.5. The van der Waals surface area contributed by atoms with Gasteiger partial charge in [0.1, 0.15) is 29.5 Å². The number of aromatic nitrogens is 4. The molecular weight excluding hydrogens is 1160 g/mol. The third-order valence-corrected chi connectivity index (χ3v) is 16.5. The molecule has 2 aromatic heterocycles. The molecule has 5 aliphatic heterocycles. The van der Waals surface area contributed by atoms with Gasteiger partial charge in [-0.25, -0.2) is 19.0 Å². The summed E-state index contributed by atoms with van der Waals surface area (Å²) in [6.07, 6.45) is 11.1. The highest BCUT2D eigenvalue weighted by Gasteiger charge is 2.53. The number of nitrogens with zero attached hydrogens (tertiary/aromatic N) is 6. The Balaban J connectivity index is 0.000000162. The molecule has 2 unspecified atom stereocenters. The van der Waals surface area contributed by atoms with Gasteiger partial charge >= 0.3 is 19.3 Å². The number of halogens is 1. The summed E-state index contributed by atoms with van der Waals surface area (Å²) in [6.45, 7) is 21.8. The van der Waals surface area contributed by atoms with Gasteiger partial charge in [0.05, 0.1) is 22.5 Å². The molecule has 2 N–H and O–H groups in total. The topological polar surface area (TPSA) is 190 Å². The fourth-order valence-electron chi connectivity index (χ4n) is 11.0. The first-order valence-corrected chi connectivity index (χ1v) is 31.0. The summed E-state index contributed by atoms with van der Waals surface area (Å²) < 4.78 is 39.7. The molecule has 6 aromatic rings. The molecule has 3 fully saturated rings. The van der Waals surface area contributed by atoms with Gasteiger partial charge in [-0.1, -0.05) is 94.8 Å². The van der Waals surface area contributed by atoms with Crippen molar-refractivity contribution in [2.45, 2.75) is 180 Å². The summed E-state index contributed by atoms with van der Waals surface area (Å²) in [6, 6.07) is 34.1. The average molecular weight is 1240 g/mol. The Bertz CT molecular complexity index is 3260. The summed E-state index contributed by atoms with van der Waals surface area (Å²) in [7, 11) is -0.381. The summed E-state index contributed by atoms with van der Waals surface area (Å²) in [4.78, 5) is 55.9. The van der Waals surface area contributed by atoms with Crippen molar-refractivity contribution in [1.82, 2.24) is 30.2 Å². The van der Waals surface area contributed by atoms with Gasteiger partial charge in [-0.15, -0.1) is 0 Å². The van der Waals surface area contributed by atoms with Crippen LogP contribution in [-0.4, -0.2) is 111 Å². The number of alkyl carbamates (subject to hydrolysis) is 2. The minimum atomic E-state index is -0.761. The summed E-state index contributed by atoms with van der Waals surface area (Å²) >= 11 is 3.48. The number of carbonyl (C=O) groups is 4. The maximum Gasteiger partial charge on any atom is 0.514 e. The molecule has 0 bridgehead atoms. The van der Waals surface area contributed by atoms with Crippen LogP contribution in [0.4, 0.5) is 21.0 Å². The van der Waals surface area contributed by atoms with Crippen LogP contribution < -0.4 is 26.0 Å². The Kier molecular flexibility index (Phi) is 20.3. The standard InChI is InChI=1S/C30H36N4O4.C22H25BrN2O3.C14H23BN2O3/c1-30(2,3)38-29(36)32-24(19-21-9-5-4-6-10-21)28(35)33-17-15-22-12-13-23(20-26(22)33)25-14-16-31-34(25)27-11-7-8-18-37-27;1-22(2,3)28-21(27)24-18(13-15-7-5-4-6-8-15)20(26)25-12-11-16-9-10-17(23)14-19(16)25;1-13(2)14(3,4)20-15(19-13)11-8-9-16-17(11)12-7-5-6-10-18-12/h4-6,9-10,12-14,16,20,24,27H,7-8,11,15,17-19H2,1-3H3,(H,32,36);4-10,14,18H,11-13H2,1-3H3,(H,24,27);8-9,12H,5-7,10H2,1-4H3/t24-,27?;18-;/m00./s1. The van der Waals surface area contributed by atoms with E-state index >= 15 is 0 Å². The molecule has 5 aliphatic rings. The van der Waals surface area contributed by atoms with Crippen LogP contribution in [0.5, 0.6) is 0 Å². The molecule has 0 radical (unpaired) electrons. The van der Waals surface area contributed by atoms with Crippen LogP contribution in [0.2, 0.25) is 0 Å². The molecule has 7 heterocycles. The number of rotatable bonds is 12. The monoisotopic (exact) mass is 1240 g/mol. The van der Waals surface area contributed by atoms with Gasteiger partial charge in [-0.2, -0.15) is 10.2 Å². The number of nitrogens with one attached hydrogen (secondary N) is 2. The summed E-state index contributed by atoms with van der Waals surface area (Å²) in [5.41, 5.74) is 6.87. The number of ether oxygens (including phenoxy) is 4. The zero-order valence-electron chi connectivity index (χ0n) is 51.5. The minimum Gasteiger partial charge on any atom is -0.444 e. The normalized spacial score (nSPS) is 19.4. The number of benzene rings is 4. The lowest BCUT2D eigenvalue weighted by Gasteiger charge is -2.32. The highest BCUT2D eigenvalue weighted by atomic mass is 79.9. The molecule has 0 aliphatic carbocycles. The van der Waals surface area contributed by atoms with Gasteiger partial charge in [-0.05, 0) is 173 Å². The quantitative estimate of drug-likeness (QED) is 0.110. The van der Waals surface area contributed by atoms with Gasteiger partial charge in [0.25, 0.3) is 0 Å². The van der Waals surface area contributed by atoms with Crippen LogP contribution >= 0.6 is 15.9 Å². The van der Waals surface area contributed by atoms with E-state index in [-0.39, 0.29) is 42.6 Å². The number of amides is 4. The van der Waals surface area contributed by atoms with E-state index in [1.54, 1.807) is 43.0 Å². The van der Waals surface area contributed by atoms with Crippen LogP contribution in [0.3, 0.4) is 0 Å². The Morgan fingerprint density at radius 2 is 1.08 bits per heavy atom. The van der Waals surface area contributed by atoms with E-state index in [1.807, 2.05) is 121 Å². The highest BCUT2D eigenvalue weighted by Crippen LogP contribution is 2.38. The molecule has 3 saturated heterocycles. The van der Waals surface area contributed by atoms with Gasteiger partial charge in [-0.3, -0.25) is 9.59 Å². The predicted octanol–water partition coefficient (Wildman–Crippen LogP) is 11.6. The van der Waals surface area contributed by atoms with E-state index in [4.69, 9.17) is 28.3 Å². The molecular formula is C66H84BBrN8O10. The van der Waals surface area contributed by atoms with Crippen molar-refractivity contribution in [2.24, 2.45) is 0 Å². The fraction of sp³-hybridized carbons (Fsp3) is 0.485. The molecule has 18 nitrogen and oxygen atoms in total. The van der Waals surface area contributed by atoms with Crippen LogP contribution in [0.25, 0.3) is 11.3 Å². The van der Waals surface area contributed by atoms with E-state index in [2.05, 4.69) is 82.7 Å². The summed E-state index contributed by atoms with van der Waals surface area (Å²) in [5.74, 6) is -0.286. The third kappa shape index (κ3) is 16.2. The predicted molar refractivity (Wildman–Crippen MR) is 336 cm³/mol. The van der Waals surface area contributed by atoms with Gasteiger partial charge in [0, 0.05) is 72.9 Å². The molecule has 4 aromatic carbocycles. The van der Waals surface area contributed by atoms with Crippen LogP contribution in [0.15, 0.2) is 126 Å². The fourth-order valence-corrected chi connectivity index (χ4v) is 11.4. The van der Waals surface area contributed by atoms with Gasteiger partial charge in [0.15, 0.2) is 6.23 Å². The first-order chi connectivity index (χ1) is 40.9. The smallest absolute Gasteiger partial charge is 0.444 e. The maximum absolute atomic E-state index is 13.9. The molecule has 20 heteroatoms. The van der Waals surface area contributed by atoms with E-state index in [1.165, 1.54) is 6.42 Å². The SMILES string of the molecule is CC(C)(C)OC(=O)N[C@@H](Cc1ccccc1)C(=O)N1CCc2ccc(-c3ccnn3C3CCCCO3)cc21.CC(C)(C)OC(=O)N[C@@H](Cc1ccccc1)C(=O)N1CCc2ccc(Br)cc21.CC1(C)OB(c2ccnn2C2CCCCO2)OC1(C)C. The molecule has 458 valence electrons. The number of hydrogen-bond donors (Lipinski definition) is 2. The van der Waals surface area contributed by atoms with Crippen LogP contribution in [0.1, 0.15) is 142 Å². The maximum atomic E-state index is 13.9. The molecule has 4 atom stereocenters. The van der Waals surface area contributed by atoms with Gasteiger partial charge in [0.2, 0.25) is 11.8 Å². The second-order valence-corrected chi connectivity index (χ2v) is 26.4. The van der Waals surface area contributed by atoms with Crippen LogP contribution in [0, 0.1) is 0 Å².